The Kier molecular flexibility index (Phi) is 4.52. The number of hydrogen-bond acceptors (Lipinski definition) is 2. The van der Waals surface area contributed by atoms with Crippen LogP contribution >= 0.6 is 0 Å². The first kappa shape index (κ1) is 15.7. The Labute approximate surface area is 138 Å². The Balaban J connectivity index is 1.76. The van der Waals surface area contributed by atoms with Crippen molar-refractivity contribution in [2.45, 2.75) is 6.54 Å². The monoisotopic (exact) mass is 322 g/mol. The van der Waals surface area contributed by atoms with E-state index in [9.17, 15) is 14.0 Å². The highest BCUT2D eigenvalue weighted by Crippen LogP contribution is 2.14. The number of nitrogens with one attached hydrogen (secondary N) is 2. The molecule has 0 bridgehead atoms. The minimum atomic E-state index is -0.542. The summed E-state index contributed by atoms with van der Waals surface area (Å²) < 4.78 is 13.5. The largest absolute Gasteiger partial charge is 0.348 e. The molecule has 0 saturated heterocycles. The molecular weight excluding hydrogens is 307 g/mol. The number of hydrogen-bond donors (Lipinski definition) is 2. The van der Waals surface area contributed by atoms with Gasteiger partial charge in [-0.2, -0.15) is 0 Å². The highest BCUT2D eigenvalue weighted by molar-refractivity contribution is 5.94. The number of halogens is 1. The normalized spacial score (nSPS) is 10.4. The van der Waals surface area contributed by atoms with Gasteiger partial charge in [-0.1, -0.05) is 48.5 Å². The quantitative estimate of drug-likeness (QED) is 0.775. The van der Waals surface area contributed by atoms with Crippen LogP contribution in [0.5, 0.6) is 0 Å². The third-order valence-electron chi connectivity index (χ3n) is 3.64. The van der Waals surface area contributed by atoms with E-state index in [1.165, 1.54) is 12.1 Å². The molecule has 0 saturated carbocycles. The second kappa shape index (κ2) is 6.91. The van der Waals surface area contributed by atoms with Gasteiger partial charge in [-0.15, -0.1) is 0 Å². The van der Waals surface area contributed by atoms with E-state index in [1.54, 1.807) is 24.3 Å². The molecule has 5 heteroatoms. The molecular formula is C19H15FN2O2. The van der Waals surface area contributed by atoms with E-state index in [0.717, 1.165) is 5.56 Å². The molecule has 24 heavy (non-hydrogen) atoms. The zero-order chi connectivity index (χ0) is 16.9. The Morgan fingerprint density at radius 2 is 1.67 bits per heavy atom. The summed E-state index contributed by atoms with van der Waals surface area (Å²) in [4.78, 5) is 27.0. The highest BCUT2D eigenvalue weighted by Gasteiger charge is 2.12. The summed E-state index contributed by atoms with van der Waals surface area (Å²) in [6.07, 6.45) is 0. The summed E-state index contributed by atoms with van der Waals surface area (Å²) in [7, 11) is 0. The van der Waals surface area contributed by atoms with E-state index in [-0.39, 0.29) is 12.1 Å². The van der Waals surface area contributed by atoms with Crippen LogP contribution in [0.2, 0.25) is 0 Å². The minimum absolute atomic E-state index is 0.00831. The van der Waals surface area contributed by atoms with Crippen LogP contribution < -0.4 is 10.9 Å². The summed E-state index contributed by atoms with van der Waals surface area (Å²) in [6.45, 7) is 0.0192. The number of benzene rings is 2. The molecule has 1 heterocycles. The molecule has 0 fully saturated rings. The maximum absolute atomic E-state index is 13.5. The van der Waals surface area contributed by atoms with Crippen molar-refractivity contribution in [3.8, 4) is 11.3 Å². The molecule has 0 aliphatic carbocycles. The van der Waals surface area contributed by atoms with Gasteiger partial charge >= 0.3 is 0 Å². The molecule has 0 spiro atoms. The summed E-state index contributed by atoms with van der Waals surface area (Å²) in [5, 5.41) is 2.56. The van der Waals surface area contributed by atoms with Crippen LogP contribution in [-0.4, -0.2) is 10.9 Å². The Bertz CT molecular complexity index is 920. The van der Waals surface area contributed by atoms with Crippen molar-refractivity contribution in [1.82, 2.24) is 10.3 Å². The van der Waals surface area contributed by atoms with E-state index < -0.39 is 17.3 Å². The van der Waals surface area contributed by atoms with Gasteiger partial charge in [0, 0.05) is 17.8 Å². The van der Waals surface area contributed by atoms with Crippen LogP contribution in [-0.2, 0) is 6.54 Å². The van der Waals surface area contributed by atoms with Crippen LogP contribution in [0.15, 0.2) is 71.5 Å². The van der Waals surface area contributed by atoms with E-state index in [2.05, 4.69) is 10.3 Å². The van der Waals surface area contributed by atoms with Crippen molar-refractivity contribution in [3.63, 3.8) is 0 Å². The fourth-order valence-corrected chi connectivity index (χ4v) is 2.35. The predicted molar refractivity (Wildman–Crippen MR) is 90.1 cm³/mol. The maximum atomic E-state index is 13.5. The van der Waals surface area contributed by atoms with Gasteiger partial charge in [0.2, 0.25) is 0 Å². The van der Waals surface area contributed by atoms with Crippen molar-refractivity contribution >= 4 is 5.91 Å². The van der Waals surface area contributed by atoms with Crippen LogP contribution in [0, 0.1) is 5.82 Å². The molecule has 0 atom stereocenters. The fourth-order valence-electron chi connectivity index (χ4n) is 2.35. The average molecular weight is 322 g/mol. The summed E-state index contributed by atoms with van der Waals surface area (Å²) in [6, 6.07) is 18.7. The lowest BCUT2D eigenvalue weighted by Crippen LogP contribution is -2.29. The first-order valence-electron chi connectivity index (χ1n) is 7.45. The Morgan fingerprint density at radius 3 is 2.38 bits per heavy atom. The molecule has 1 aromatic heterocycles. The number of H-pyrrole nitrogens is 1. The lowest BCUT2D eigenvalue weighted by molar-refractivity contribution is 0.0949. The second-order valence-corrected chi connectivity index (χ2v) is 5.25. The molecule has 3 rings (SSSR count). The summed E-state index contributed by atoms with van der Waals surface area (Å²) >= 11 is 0. The molecule has 0 radical (unpaired) electrons. The van der Waals surface area contributed by atoms with Gasteiger partial charge in [0.25, 0.3) is 11.5 Å². The van der Waals surface area contributed by atoms with Crippen molar-refractivity contribution in [1.29, 1.82) is 0 Å². The van der Waals surface area contributed by atoms with Gasteiger partial charge in [0.05, 0.1) is 0 Å². The minimum Gasteiger partial charge on any atom is -0.348 e. The molecule has 0 aliphatic heterocycles. The van der Waals surface area contributed by atoms with E-state index in [0.29, 0.717) is 11.3 Å². The molecule has 4 nitrogen and oxygen atoms in total. The van der Waals surface area contributed by atoms with Gasteiger partial charge in [-0.3, -0.25) is 9.59 Å². The highest BCUT2D eigenvalue weighted by atomic mass is 19.1. The van der Waals surface area contributed by atoms with Crippen LogP contribution in [0.3, 0.4) is 0 Å². The number of rotatable bonds is 4. The molecule has 3 aromatic rings. The number of amides is 1. The van der Waals surface area contributed by atoms with Crippen LogP contribution in [0.25, 0.3) is 11.3 Å². The van der Waals surface area contributed by atoms with E-state index in [1.807, 2.05) is 30.3 Å². The average Bonchev–Trinajstić information content (AvgIpc) is 2.61. The van der Waals surface area contributed by atoms with Gasteiger partial charge < -0.3 is 10.3 Å². The van der Waals surface area contributed by atoms with Crippen molar-refractivity contribution in [2.24, 2.45) is 0 Å². The van der Waals surface area contributed by atoms with Crippen molar-refractivity contribution in [3.05, 3.63) is 94.0 Å². The number of pyridine rings is 1. The Hall–Kier alpha value is -3.21. The molecule has 120 valence electrons. The number of aromatic amines is 1. The number of carbonyl (C=O) groups excluding carboxylic acids is 1. The SMILES string of the molecule is O=C(NCc1ccccc1F)c1ccc(-c2ccccc2)[nH]c1=O. The fraction of sp³-hybridized carbons (Fsp3) is 0.0526. The molecule has 1 amide bonds. The standard InChI is InChI=1S/C19H15FN2O2/c20-16-9-5-4-8-14(16)12-21-18(23)15-10-11-17(22-19(15)24)13-6-2-1-3-7-13/h1-11H,12H2,(H,21,23)(H,22,24). The van der Waals surface area contributed by atoms with Gasteiger partial charge in [-0.05, 0) is 23.8 Å². The number of carbonyl (C=O) groups is 1. The van der Waals surface area contributed by atoms with Gasteiger partial charge in [0.15, 0.2) is 0 Å². The lowest BCUT2D eigenvalue weighted by atomic mass is 10.1. The smallest absolute Gasteiger partial charge is 0.261 e. The first-order valence-corrected chi connectivity index (χ1v) is 7.45. The van der Waals surface area contributed by atoms with Crippen LogP contribution in [0.4, 0.5) is 4.39 Å². The van der Waals surface area contributed by atoms with Crippen LogP contribution in [0.1, 0.15) is 15.9 Å². The zero-order valence-electron chi connectivity index (χ0n) is 12.8. The lowest BCUT2D eigenvalue weighted by Gasteiger charge is -2.07. The van der Waals surface area contributed by atoms with Crippen molar-refractivity contribution < 1.29 is 9.18 Å². The maximum Gasteiger partial charge on any atom is 0.261 e. The molecule has 2 N–H and O–H groups in total. The van der Waals surface area contributed by atoms with Gasteiger partial charge in [0.1, 0.15) is 11.4 Å². The van der Waals surface area contributed by atoms with E-state index in [4.69, 9.17) is 0 Å². The van der Waals surface area contributed by atoms with Gasteiger partial charge in [-0.25, -0.2) is 4.39 Å². The topological polar surface area (TPSA) is 62.0 Å². The summed E-state index contributed by atoms with van der Waals surface area (Å²) in [5.74, 6) is -0.940. The predicted octanol–water partition coefficient (Wildman–Crippen LogP) is 3.11. The Morgan fingerprint density at radius 1 is 0.958 bits per heavy atom. The first-order chi connectivity index (χ1) is 11.6. The molecule has 2 aromatic carbocycles. The third-order valence-corrected chi connectivity index (χ3v) is 3.64. The zero-order valence-corrected chi connectivity index (χ0v) is 12.8. The van der Waals surface area contributed by atoms with Crippen molar-refractivity contribution in [2.75, 3.05) is 0 Å². The van der Waals surface area contributed by atoms with E-state index >= 15 is 0 Å². The number of aromatic nitrogens is 1. The third kappa shape index (κ3) is 3.41. The second-order valence-electron chi connectivity index (χ2n) is 5.25. The molecule has 0 unspecified atom stereocenters. The summed E-state index contributed by atoms with van der Waals surface area (Å²) in [5.41, 5.74) is 1.36. The molecule has 0 aliphatic rings.